The van der Waals surface area contributed by atoms with E-state index in [1.807, 2.05) is 13.0 Å². The standard InChI is InChI=1S/C12H21N5/c1-10-9-11(14-6-5-13)16-12(15-10)17-7-3-2-4-8-17/h9H,2-8,13H2,1H3,(H,14,15,16). The molecule has 0 unspecified atom stereocenters. The summed E-state index contributed by atoms with van der Waals surface area (Å²) >= 11 is 0. The van der Waals surface area contributed by atoms with Crippen LogP contribution in [0.3, 0.4) is 0 Å². The fraction of sp³-hybridized carbons (Fsp3) is 0.667. The van der Waals surface area contributed by atoms with E-state index < -0.39 is 0 Å². The summed E-state index contributed by atoms with van der Waals surface area (Å²) in [6, 6.07) is 1.96. The fourth-order valence-corrected chi connectivity index (χ4v) is 2.08. The number of nitrogens with one attached hydrogen (secondary N) is 1. The predicted octanol–water partition coefficient (Wildman–Crippen LogP) is 1.15. The molecule has 1 aromatic rings. The highest BCUT2D eigenvalue weighted by Crippen LogP contribution is 2.18. The van der Waals surface area contributed by atoms with Gasteiger partial charge >= 0.3 is 0 Å². The maximum atomic E-state index is 5.48. The Balaban J connectivity index is 2.12. The van der Waals surface area contributed by atoms with Crippen LogP contribution in [0.1, 0.15) is 25.0 Å². The highest BCUT2D eigenvalue weighted by Gasteiger charge is 2.14. The lowest BCUT2D eigenvalue weighted by atomic mass is 10.1. The third-order valence-electron chi connectivity index (χ3n) is 2.93. The van der Waals surface area contributed by atoms with Gasteiger partial charge in [0.25, 0.3) is 0 Å². The van der Waals surface area contributed by atoms with E-state index in [0.717, 1.165) is 37.1 Å². The second-order valence-electron chi connectivity index (χ2n) is 4.46. The van der Waals surface area contributed by atoms with Crippen molar-refractivity contribution in [2.24, 2.45) is 5.73 Å². The number of anilines is 2. The minimum absolute atomic E-state index is 0.613. The van der Waals surface area contributed by atoms with Gasteiger partial charge in [-0.1, -0.05) is 0 Å². The van der Waals surface area contributed by atoms with Crippen LogP contribution in [0, 0.1) is 6.92 Å². The second kappa shape index (κ2) is 5.82. The van der Waals surface area contributed by atoms with Gasteiger partial charge in [0.05, 0.1) is 0 Å². The van der Waals surface area contributed by atoms with E-state index in [-0.39, 0.29) is 0 Å². The van der Waals surface area contributed by atoms with E-state index in [1.54, 1.807) is 0 Å². The quantitative estimate of drug-likeness (QED) is 0.819. The number of nitrogens with two attached hydrogens (primary N) is 1. The van der Waals surface area contributed by atoms with Gasteiger partial charge in [0.1, 0.15) is 5.82 Å². The molecule has 0 aliphatic carbocycles. The molecule has 0 bridgehead atoms. The summed E-state index contributed by atoms with van der Waals surface area (Å²) in [6.45, 7) is 5.50. The maximum absolute atomic E-state index is 5.48. The summed E-state index contributed by atoms with van der Waals surface area (Å²) in [5, 5.41) is 3.21. The Morgan fingerprint density at radius 1 is 1.29 bits per heavy atom. The molecule has 2 heterocycles. The van der Waals surface area contributed by atoms with Crippen LogP contribution in [0.25, 0.3) is 0 Å². The van der Waals surface area contributed by atoms with Gasteiger partial charge in [-0.05, 0) is 26.2 Å². The summed E-state index contributed by atoms with van der Waals surface area (Å²) in [7, 11) is 0. The first kappa shape index (κ1) is 12.1. The van der Waals surface area contributed by atoms with Crippen molar-refractivity contribution in [3.05, 3.63) is 11.8 Å². The zero-order valence-electron chi connectivity index (χ0n) is 10.4. The molecule has 17 heavy (non-hydrogen) atoms. The van der Waals surface area contributed by atoms with E-state index in [9.17, 15) is 0 Å². The molecule has 0 radical (unpaired) electrons. The first-order valence-corrected chi connectivity index (χ1v) is 6.34. The highest BCUT2D eigenvalue weighted by molar-refractivity contribution is 5.43. The molecule has 1 aliphatic heterocycles. The molecule has 0 aromatic carbocycles. The van der Waals surface area contributed by atoms with Crippen LogP contribution in [-0.2, 0) is 0 Å². The van der Waals surface area contributed by atoms with Gasteiger partial charge < -0.3 is 16.0 Å². The smallest absolute Gasteiger partial charge is 0.227 e. The molecular weight excluding hydrogens is 214 g/mol. The van der Waals surface area contributed by atoms with Crippen molar-refractivity contribution >= 4 is 11.8 Å². The van der Waals surface area contributed by atoms with Crippen LogP contribution >= 0.6 is 0 Å². The van der Waals surface area contributed by atoms with Gasteiger partial charge in [-0.3, -0.25) is 0 Å². The SMILES string of the molecule is Cc1cc(NCCN)nc(N2CCCCC2)n1. The number of aromatic nitrogens is 2. The largest absolute Gasteiger partial charge is 0.369 e. The van der Waals surface area contributed by atoms with Crippen molar-refractivity contribution in [2.45, 2.75) is 26.2 Å². The lowest BCUT2D eigenvalue weighted by Crippen LogP contribution is -2.31. The summed E-state index contributed by atoms with van der Waals surface area (Å²) < 4.78 is 0. The topological polar surface area (TPSA) is 67.1 Å². The van der Waals surface area contributed by atoms with Gasteiger partial charge in [-0.15, -0.1) is 0 Å². The minimum atomic E-state index is 0.613. The van der Waals surface area contributed by atoms with Crippen LogP contribution in [0.15, 0.2) is 6.07 Å². The third-order valence-corrected chi connectivity index (χ3v) is 2.93. The van der Waals surface area contributed by atoms with Crippen LogP contribution < -0.4 is 16.0 Å². The Bertz CT molecular complexity index is 360. The van der Waals surface area contributed by atoms with Gasteiger partial charge in [0.2, 0.25) is 5.95 Å². The molecule has 1 aliphatic rings. The summed E-state index contributed by atoms with van der Waals surface area (Å²) in [5.41, 5.74) is 6.48. The van der Waals surface area contributed by atoms with Crippen LogP contribution in [0.5, 0.6) is 0 Å². The molecule has 1 aromatic heterocycles. The Morgan fingerprint density at radius 3 is 2.76 bits per heavy atom. The molecular formula is C12H21N5. The molecule has 0 atom stereocenters. The minimum Gasteiger partial charge on any atom is -0.369 e. The zero-order valence-corrected chi connectivity index (χ0v) is 10.4. The third kappa shape index (κ3) is 3.30. The molecule has 5 heteroatoms. The van der Waals surface area contributed by atoms with E-state index in [4.69, 9.17) is 5.73 Å². The lowest BCUT2D eigenvalue weighted by molar-refractivity contribution is 0.568. The van der Waals surface area contributed by atoms with Gasteiger partial charge in [0.15, 0.2) is 0 Å². The zero-order chi connectivity index (χ0) is 12.1. The number of hydrogen-bond acceptors (Lipinski definition) is 5. The summed E-state index contributed by atoms with van der Waals surface area (Å²) in [4.78, 5) is 11.3. The van der Waals surface area contributed by atoms with Crippen LogP contribution in [-0.4, -0.2) is 36.1 Å². The Kier molecular flexibility index (Phi) is 4.14. The molecule has 3 N–H and O–H groups in total. The molecule has 1 saturated heterocycles. The number of piperidine rings is 1. The Hall–Kier alpha value is -1.36. The first-order valence-electron chi connectivity index (χ1n) is 6.34. The van der Waals surface area contributed by atoms with Gasteiger partial charge in [-0.2, -0.15) is 4.98 Å². The lowest BCUT2D eigenvalue weighted by Gasteiger charge is -2.27. The summed E-state index contributed by atoms with van der Waals surface area (Å²) in [5.74, 6) is 1.73. The van der Waals surface area contributed by atoms with Crippen molar-refractivity contribution in [1.82, 2.24) is 9.97 Å². The van der Waals surface area contributed by atoms with Crippen molar-refractivity contribution in [2.75, 3.05) is 36.4 Å². The maximum Gasteiger partial charge on any atom is 0.227 e. The number of nitrogens with zero attached hydrogens (tertiary/aromatic N) is 3. The monoisotopic (exact) mass is 235 g/mol. The van der Waals surface area contributed by atoms with Crippen molar-refractivity contribution in [3.8, 4) is 0 Å². The van der Waals surface area contributed by atoms with Crippen molar-refractivity contribution < 1.29 is 0 Å². The predicted molar refractivity (Wildman–Crippen MR) is 70.4 cm³/mol. The average Bonchev–Trinajstić information content (AvgIpc) is 2.37. The number of rotatable bonds is 4. The first-order chi connectivity index (χ1) is 8.29. The van der Waals surface area contributed by atoms with Gasteiger partial charge in [-0.25, -0.2) is 4.98 Å². The molecule has 5 nitrogen and oxygen atoms in total. The Labute approximate surface area is 102 Å². The molecule has 0 amide bonds. The van der Waals surface area contributed by atoms with Crippen molar-refractivity contribution in [3.63, 3.8) is 0 Å². The summed E-state index contributed by atoms with van der Waals surface area (Å²) in [6.07, 6.45) is 3.80. The molecule has 2 rings (SSSR count). The van der Waals surface area contributed by atoms with Crippen LogP contribution in [0.4, 0.5) is 11.8 Å². The molecule has 94 valence electrons. The molecule has 1 fully saturated rings. The van der Waals surface area contributed by atoms with Crippen LogP contribution in [0.2, 0.25) is 0 Å². The van der Waals surface area contributed by atoms with E-state index >= 15 is 0 Å². The Morgan fingerprint density at radius 2 is 2.06 bits per heavy atom. The highest BCUT2D eigenvalue weighted by atomic mass is 15.3. The second-order valence-corrected chi connectivity index (χ2v) is 4.46. The number of aryl methyl sites for hydroxylation is 1. The molecule has 0 spiro atoms. The fourth-order valence-electron chi connectivity index (χ4n) is 2.08. The van der Waals surface area contributed by atoms with Crippen molar-refractivity contribution in [1.29, 1.82) is 0 Å². The number of hydrogen-bond donors (Lipinski definition) is 2. The average molecular weight is 235 g/mol. The van der Waals surface area contributed by atoms with E-state index in [1.165, 1.54) is 19.3 Å². The molecule has 0 saturated carbocycles. The van der Waals surface area contributed by atoms with E-state index in [2.05, 4.69) is 20.2 Å². The normalized spacial score (nSPS) is 16.0. The van der Waals surface area contributed by atoms with Gasteiger partial charge in [0, 0.05) is 37.9 Å². The van der Waals surface area contributed by atoms with E-state index in [0.29, 0.717) is 6.54 Å².